The van der Waals surface area contributed by atoms with Gasteiger partial charge in [-0.3, -0.25) is 4.79 Å². The fraction of sp³-hybridized carbons (Fsp3) is 0.950. The van der Waals surface area contributed by atoms with Crippen molar-refractivity contribution in [2.45, 2.75) is 95.7 Å². The van der Waals surface area contributed by atoms with E-state index in [0.29, 0.717) is 11.2 Å². The molecule has 1 saturated carbocycles. The van der Waals surface area contributed by atoms with Gasteiger partial charge in [-0.25, -0.2) is 0 Å². The Hall–Kier alpha value is 0.0900. The number of ether oxygens (including phenoxy) is 3. The SMILES string of the molecule is CCSC(SCC)[C@H]1C[C@@H](COC(=O)C(C)(C)C)OC2(CCCCC2)O1. The summed E-state index contributed by atoms with van der Waals surface area (Å²) < 4.78 is 19.0. The average Bonchev–Trinajstić information content (AvgIpc) is 2.59. The topological polar surface area (TPSA) is 44.8 Å². The average molecular weight is 405 g/mol. The van der Waals surface area contributed by atoms with Crippen LogP contribution < -0.4 is 0 Å². The number of carbonyl (C=O) groups excluding carboxylic acids is 1. The van der Waals surface area contributed by atoms with Gasteiger partial charge in [0, 0.05) is 19.3 Å². The molecule has 0 aromatic carbocycles. The van der Waals surface area contributed by atoms with Gasteiger partial charge < -0.3 is 14.2 Å². The zero-order valence-electron chi connectivity index (χ0n) is 17.0. The van der Waals surface area contributed by atoms with Crippen molar-refractivity contribution in [2.75, 3.05) is 18.1 Å². The van der Waals surface area contributed by atoms with Gasteiger partial charge in [0.05, 0.1) is 22.2 Å². The van der Waals surface area contributed by atoms with Crippen LogP contribution in [0, 0.1) is 5.41 Å². The molecule has 6 heteroatoms. The third kappa shape index (κ3) is 6.32. The van der Waals surface area contributed by atoms with Crippen LogP contribution in [0.1, 0.15) is 73.1 Å². The van der Waals surface area contributed by atoms with Gasteiger partial charge in [0.25, 0.3) is 0 Å². The molecule has 1 saturated heterocycles. The lowest BCUT2D eigenvalue weighted by molar-refractivity contribution is -0.330. The second kappa shape index (κ2) is 10.0. The van der Waals surface area contributed by atoms with Gasteiger partial charge in [0.2, 0.25) is 0 Å². The Morgan fingerprint density at radius 3 is 2.27 bits per heavy atom. The number of rotatable bonds is 7. The molecule has 2 aliphatic rings. The number of esters is 1. The quantitative estimate of drug-likeness (QED) is 0.427. The largest absolute Gasteiger partial charge is 0.463 e. The third-order valence-corrected chi connectivity index (χ3v) is 7.58. The van der Waals surface area contributed by atoms with Crippen molar-refractivity contribution in [1.29, 1.82) is 0 Å². The van der Waals surface area contributed by atoms with Crippen molar-refractivity contribution in [1.82, 2.24) is 0 Å². The summed E-state index contributed by atoms with van der Waals surface area (Å²) in [6.45, 7) is 10.4. The number of carbonyl (C=O) groups is 1. The zero-order valence-corrected chi connectivity index (χ0v) is 18.7. The van der Waals surface area contributed by atoms with E-state index in [9.17, 15) is 4.79 Å². The Kier molecular flexibility index (Phi) is 8.64. The first-order chi connectivity index (χ1) is 12.3. The van der Waals surface area contributed by atoms with Crippen molar-refractivity contribution in [2.24, 2.45) is 5.41 Å². The minimum atomic E-state index is -0.480. The molecule has 1 spiro atoms. The summed E-state index contributed by atoms with van der Waals surface area (Å²) in [5.74, 6) is 1.52. The normalized spacial score (nSPS) is 26.2. The van der Waals surface area contributed by atoms with Gasteiger partial charge in [-0.15, -0.1) is 23.5 Å². The van der Waals surface area contributed by atoms with E-state index in [1.54, 1.807) is 0 Å². The Morgan fingerprint density at radius 2 is 1.73 bits per heavy atom. The van der Waals surface area contributed by atoms with E-state index in [2.05, 4.69) is 13.8 Å². The van der Waals surface area contributed by atoms with Crippen molar-refractivity contribution < 1.29 is 19.0 Å². The predicted molar refractivity (Wildman–Crippen MR) is 111 cm³/mol. The van der Waals surface area contributed by atoms with Crippen molar-refractivity contribution in [3.8, 4) is 0 Å². The fourth-order valence-corrected chi connectivity index (χ4v) is 6.16. The highest BCUT2D eigenvalue weighted by molar-refractivity contribution is 8.17. The maximum absolute atomic E-state index is 12.2. The van der Waals surface area contributed by atoms with Gasteiger partial charge >= 0.3 is 5.97 Å². The molecule has 2 fully saturated rings. The van der Waals surface area contributed by atoms with Crippen LogP contribution in [0.3, 0.4) is 0 Å². The van der Waals surface area contributed by atoms with E-state index in [0.717, 1.165) is 43.6 Å². The summed E-state index contributed by atoms with van der Waals surface area (Å²) in [6.07, 6.45) is 6.32. The maximum atomic E-state index is 12.2. The van der Waals surface area contributed by atoms with E-state index in [-0.39, 0.29) is 18.2 Å². The molecule has 0 amide bonds. The van der Waals surface area contributed by atoms with E-state index >= 15 is 0 Å². The van der Waals surface area contributed by atoms with Gasteiger partial charge in [0.1, 0.15) is 6.61 Å². The van der Waals surface area contributed by atoms with Crippen LogP contribution in [0.4, 0.5) is 0 Å². The van der Waals surface area contributed by atoms with Crippen LogP contribution in [0.25, 0.3) is 0 Å². The smallest absolute Gasteiger partial charge is 0.311 e. The minimum absolute atomic E-state index is 0.0736. The molecule has 0 aromatic heterocycles. The van der Waals surface area contributed by atoms with Crippen LogP contribution in [0.15, 0.2) is 0 Å². The van der Waals surface area contributed by atoms with E-state index in [1.807, 2.05) is 44.3 Å². The molecule has 2 rings (SSSR count). The zero-order chi connectivity index (χ0) is 19.2. The molecular formula is C20H36O4S2. The van der Waals surface area contributed by atoms with Crippen LogP contribution in [-0.2, 0) is 19.0 Å². The third-order valence-electron chi connectivity index (χ3n) is 4.84. The Labute approximate surface area is 167 Å². The first kappa shape index (κ1) is 22.4. The number of hydrogen-bond donors (Lipinski definition) is 0. The second-order valence-electron chi connectivity index (χ2n) is 8.23. The highest BCUT2D eigenvalue weighted by Gasteiger charge is 2.46. The van der Waals surface area contributed by atoms with Crippen LogP contribution in [0.5, 0.6) is 0 Å². The molecule has 0 bridgehead atoms. The highest BCUT2D eigenvalue weighted by atomic mass is 32.2. The van der Waals surface area contributed by atoms with E-state index < -0.39 is 11.2 Å². The van der Waals surface area contributed by atoms with E-state index in [1.165, 1.54) is 6.42 Å². The van der Waals surface area contributed by atoms with Gasteiger partial charge in [-0.2, -0.15) is 0 Å². The first-order valence-electron chi connectivity index (χ1n) is 10.1. The summed E-state index contributed by atoms with van der Waals surface area (Å²) in [6, 6.07) is 0. The Morgan fingerprint density at radius 1 is 1.12 bits per heavy atom. The van der Waals surface area contributed by atoms with Gasteiger partial charge in [-0.1, -0.05) is 20.3 Å². The number of thioether (sulfide) groups is 2. The Balaban J connectivity index is 2.07. The predicted octanol–water partition coefficient (Wildman–Crippen LogP) is 5.24. The van der Waals surface area contributed by atoms with Gasteiger partial charge in [-0.05, 0) is 45.1 Å². The van der Waals surface area contributed by atoms with Crippen molar-refractivity contribution >= 4 is 29.5 Å². The van der Waals surface area contributed by atoms with Crippen LogP contribution in [0.2, 0.25) is 0 Å². The van der Waals surface area contributed by atoms with Gasteiger partial charge in [0.15, 0.2) is 5.79 Å². The molecule has 26 heavy (non-hydrogen) atoms. The van der Waals surface area contributed by atoms with Crippen molar-refractivity contribution in [3.05, 3.63) is 0 Å². The van der Waals surface area contributed by atoms with Crippen LogP contribution in [-0.4, -0.2) is 46.7 Å². The standard InChI is InChI=1S/C20H36O4S2/c1-6-25-17(26-7-2)16-13-15(14-22-18(21)19(3,4)5)23-20(24-16)11-9-8-10-12-20/h15-17H,6-14H2,1-5H3/t15-,16+/m0/s1. The van der Waals surface area contributed by atoms with Crippen LogP contribution >= 0.6 is 23.5 Å². The first-order valence-corrected chi connectivity index (χ1v) is 12.2. The summed E-state index contributed by atoms with van der Waals surface area (Å²) in [4.78, 5) is 12.2. The highest BCUT2D eigenvalue weighted by Crippen LogP contribution is 2.43. The molecule has 0 radical (unpaired) electrons. The molecule has 152 valence electrons. The molecule has 0 aromatic rings. The monoisotopic (exact) mass is 404 g/mol. The summed E-state index contributed by atoms with van der Waals surface area (Å²) in [5, 5.41) is 0. The molecule has 1 aliphatic heterocycles. The molecular weight excluding hydrogens is 368 g/mol. The minimum Gasteiger partial charge on any atom is -0.463 e. The Bertz CT molecular complexity index is 438. The summed E-state index contributed by atoms with van der Waals surface area (Å²) in [7, 11) is 0. The molecule has 0 unspecified atom stereocenters. The fourth-order valence-electron chi connectivity index (χ4n) is 3.53. The van der Waals surface area contributed by atoms with E-state index in [4.69, 9.17) is 14.2 Å². The second-order valence-corrected chi connectivity index (χ2v) is 11.4. The lowest BCUT2D eigenvalue weighted by atomic mass is 9.92. The molecule has 1 heterocycles. The lowest BCUT2D eigenvalue weighted by Crippen LogP contribution is -2.53. The van der Waals surface area contributed by atoms with Crippen molar-refractivity contribution in [3.63, 3.8) is 0 Å². The summed E-state index contributed by atoms with van der Waals surface area (Å²) >= 11 is 3.92. The molecule has 4 nitrogen and oxygen atoms in total. The molecule has 2 atom stereocenters. The number of hydrogen-bond acceptors (Lipinski definition) is 6. The molecule has 0 N–H and O–H groups in total. The molecule has 1 aliphatic carbocycles. The summed E-state index contributed by atoms with van der Waals surface area (Å²) in [5.41, 5.74) is -0.480. The lowest BCUT2D eigenvalue weighted by Gasteiger charge is -2.48. The maximum Gasteiger partial charge on any atom is 0.311 e.